The zero-order valence-corrected chi connectivity index (χ0v) is 13.0. The van der Waals surface area contributed by atoms with Crippen molar-refractivity contribution in [1.82, 2.24) is 5.32 Å². The van der Waals surface area contributed by atoms with Crippen LogP contribution in [0.15, 0.2) is 18.2 Å². The summed E-state index contributed by atoms with van der Waals surface area (Å²) in [7, 11) is -0.705. The van der Waals surface area contributed by atoms with Gasteiger partial charge in [-0.25, -0.2) is 0 Å². The molecule has 0 saturated heterocycles. The third kappa shape index (κ3) is 4.49. The van der Waals surface area contributed by atoms with Crippen LogP contribution >= 0.6 is 0 Å². The monoisotopic (exact) mass is 297 g/mol. The summed E-state index contributed by atoms with van der Waals surface area (Å²) >= 11 is 0. The summed E-state index contributed by atoms with van der Waals surface area (Å²) in [5.41, 5.74) is 1.19. The fourth-order valence-electron chi connectivity index (χ4n) is 2.16. The van der Waals surface area contributed by atoms with Crippen LogP contribution in [0.25, 0.3) is 0 Å². The molecule has 4 nitrogen and oxygen atoms in total. The van der Waals surface area contributed by atoms with Crippen LogP contribution in [0.5, 0.6) is 11.5 Å². The van der Waals surface area contributed by atoms with E-state index in [9.17, 15) is 4.21 Å². The molecular weight excluding hydrogens is 274 g/mol. The third-order valence-corrected chi connectivity index (χ3v) is 4.19. The maximum absolute atomic E-state index is 11.0. The average Bonchev–Trinajstić information content (AvgIpc) is 2.67. The summed E-state index contributed by atoms with van der Waals surface area (Å²) in [5.74, 6) is 2.42. The van der Waals surface area contributed by atoms with E-state index in [2.05, 4.69) is 24.4 Å². The molecule has 112 valence electrons. The molecule has 5 heteroatoms. The first kappa shape index (κ1) is 15.3. The first-order valence-corrected chi connectivity index (χ1v) is 8.82. The molecule has 1 aromatic carbocycles. The smallest absolute Gasteiger partial charge is 0.161 e. The lowest BCUT2D eigenvalue weighted by atomic mass is 10.1. The molecule has 0 aliphatic carbocycles. The Kier molecular flexibility index (Phi) is 5.86. The third-order valence-electron chi connectivity index (χ3n) is 3.33. The van der Waals surface area contributed by atoms with Gasteiger partial charge in [-0.15, -0.1) is 0 Å². The van der Waals surface area contributed by atoms with Crippen molar-refractivity contribution >= 4 is 10.8 Å². The predicted molar refractivity (Wildman–Crippen MR) is 82.0 cm³/mol. The number of benzene rings is 1. The Morgan fingerprint density at radius 2 is 2.05 bits per heavy atom. The van der Waals surface area contributed by atoms with Gasteiger partial charge in [0.05, 0.1) is 13.2 Å². The van der Waals surface area contributed by atoms with Crippen molar-refractivity contribution in [3.05, 3.63) is 23.8 Å². The van der Waals surface area contributed by atoms with Gasteiger partial charge in [0.15, 0.2) is 11.5 Å². The molecule has 0 radical (unpaired) electrons. The number of fused-ring (bicyclic) bond motifs is 1. The van der Waals surface area contributed by atoms with E-state index in [-0.39, 0.29) is 6.04 Å². The van der Waals surface area contributed by atoms with E-state index in [0.717, 1.165) is 36.6 Å². The number of rotatable bonds is 6. The van der Waals surface area contributed by atoms with Gasteiger partial charge in [0.2, 0.25) is 0 Å². The second-order valence-electron chi connectivity index (χ2n) is 5.06. The Labute approximate surface area is 123 Å². The van der Waals surface area contributed by atoms with Crippen molar-refractivity contribution in [1.29, 1.82) is 0 Å². The lowest BCUT2D eigenvalue weighted by Crippen LogP contribution is -2.21. The van der Waals surface area contributed by atoms with Crippen LogP contribution in [0.4, 0.5) is 0 Å². The topological polar surface area (TPSA) is 47.6 Å². The molecule has 20 heavy (non-hydrogen) atoms. The molecule has 0 fully saturated rings. The fourth-order valence-corrected chi connectivity index (χ4v) is 2.71. The lowest BCUT2D eigenvalue weighted by molar-refractivity contribution is 0.297. The first-order valence-electron chi connectivity index (χ1n) is 7.10. The SMILES string of the molecule is CC(NCCCS(C)=O)c1ccc2c(c1)OCCCO2. The molecule has 1 aromatic rings. The van der Waals surface area contributed by atoms with Gasteiger partial charge in [-0.3, -0.25) is 4.21 Å². The fraction of sp³-hybridized carbons (Fsp3) is 0.600. The maximum atomic E-state index is 11.0. The van der Waals surface area contributed by atoms with E-state index in [1.165, 1.54) is 5.56 Å². The lowest BCUT2D eigenvalue weighted by Gasteiger charge is -2.16. The average molecular weight is 297 g/mol. The molecule has 1 heterocycles. The molecule has 0 aromatic heterocycles. The van der Waals surface area contributed by atoms with Crippen molar-refractivity contribution in [2.45, 2.75) is 25.8 Å². The Balaban J connectivity index is 1.91. The van der Waals surface area contributed by atoms with E-state index in [0.29, 0.717) is 13.2 Å². The largest absolute Gasteiger partial charge is 0.490 e. The summed E-state index contributed by atoms with van der Waals surface area (Å²) in [6.45, 7) is 4.42. The van der Waals surface area contributed by atoms with Crippen LogP contribution in [0, 0.1) is 0 Å². The molecule has 1 aliphatic heterocycles. The highest BCUT2D eigenvalue weighted by Crippen LogP contribution is 2.32. The van der Waals surface area contributed by atoms with Crippen LogP contribution in [-0.4, -0.2) is 36.0 Å². The van der Waals surface area contributed by atoms with Crippen molar-refractivity contribution < 1.29 is 13.7 Å². The first-order chi connectivity index (χ1) is 9.66. The van der Waals surface area contributed by atoms with Gasteiger partial charge in [0.1, 0.15) is 0 Å². The predicted octanol–water partition coefficient (Wildman–Crippen LogP) is 2.27. The van der Waals surface area contributed by atoms with Gasteiger partial charge in [0.25, 0.3) is 0 Å². The van der Waals surface area contributed by atoms with Crippen molar-refractivity contribution in [2.24, 2.45) is 0 Å². The minimum absolute atomic E-state index is 0.248. The molecule has 2 unspecified atom stereocenters. The molecule has 2 atom stereocenters. The maximum Gasteiger partial charge on any atom is 0.161 e. The van der Waals surface area contributed by atoms with Crippen molar-refractivity contribution in [2.75, 3.05) is 31.8 Å². The molecule has 0 spiro atoms. The van der Waals surface area contributed by atoms with E-state index in [1.807, 2.05) is 6.07 Å². The van der Waals surface area contributed by atoms with E-state index in [4.69, 9.17) is 9.47 Å². The van der Waals surface area contributed by atoms with Gasteiger partial charge in [-0.2, -0.15) is 0 Å². The highest BCUT2D eigenvalue weighted by molar-refractivity contribution is 7.84. The molecule has 1 aliphatic rings. The summed E-state index contributed by atoms with van der Waals surface area (Å²) in [6, 6.07) is 6.35. The normalized spacial score (nSPS) is 17.3. The molecule has 2 rings (SSSR count). The van der Waals surface area contributed by atoms with E-state index >= 15 is 0 Å². The van der Waals surface area contributed by atoms with Crippen LogP contribution in [0.1, 0.15) is 31.4 Å². The Bertz CT molecular complexity index is 464. The summed E-state index contributed by atoms with van der Waals surface area (Å²) in [6.07, 6.45) is 3.59. The van der Waals surface area contributed by atoms with Gasteiger partial charge in [0, 0.05) is 35.3 Å². The van der Waals surface area contributed by atoms with E-state index in [1.54, 1.807) is 6.26 Å². The number of hydrogen-bond acceptors (Lipinski definition) is 4. The van der Waals surface area contributed by atoms with Gasteiger partial charge >= 0.3 is 0 Å². The molecule has 0 amide bonds. The highest BCUT2D eigenvalue weighted by atomic mass is 32.2. The summed E-state index contributed by atoms with van der Waals surface area (Å²) in [4.78, 5) is 0. The van der Waals surface area contributed by atoms with Gasteiger partial charge in [-0.1, -0.05) is 6.07 Å². The molecule has 1 N–H and O–H groups in total. The van der Waals surface area contributed by atoms with E-state index < -0.39 is 10.8 Å². The van der Waals surface area contributed by atoms with Crippen LogP contribution in [0.3, 0.4) is 0 Å². The van der Waals surface area contributed by atoms with Crippen LogP contribution in [0.2, 0.25) is 0 Å². The van der Waals surface area contributed by atoms with Crippen molar-refractivity contribution in [3.63, 3.8) is 0 Å². The zero-order chi connectivity index (χ0) is 14.4. The minimum Gasteiger partial charge on any atom is -0.490 e. The Morgan fingerprint density at radius 1 is 1.30 bits per heavy atom. The second kappa shape index (κ2) is 7.64. The summed E-state index contributed by atoms with van der Waals surface area (Å²) < 4.78 is 22.3. The van der Waals surface area contributed by atoms with Crippen molar-refractivity contribution in [3.8, 4) is 11.5 Å². The minimum atomic E-state index is -0.705. The molecule has 0 bridgehead atoms. The molecular formula is C15H23NO3S. The Hall–Kier alpha value is -1.07. The van der Waals surface area contributed by atoms with Gasteiger partial charge < -0.3 is 14.8 Å². The molecule has 0 saturated carbocycles. The number of ether oxygens (including phenoxy) is 2. The standard InChI is InChI=1S/C15H23NO3S/c1-12(16-7-3-10-20(2)17)13-5-6-14-15(11-13)19-9-4-8-18-14/h5-6,11-12,16H,3-4,7-10H2,1-2H3. The quantitative estimate of drug-likeness (QED) is 0.818. The van der Waals surface area contributed by atoms with Crippen LogP contribution in [-0.2, 0) is 10.8 Å². The second-order valence-corrected chi connectivity index (χ2v) is 6.62. The highest BCUT2D eigenvalue weighted by Gasteiger charge is 2.13. The van der Waals surface area contributed by atoms with Gasteiger partial charge in [-0.05, 0) is 37.6 Å². The number of nitrogens with one attached hydrogen (secondary N) is 1. The Morgan fingerprint density at radius 3 is 2.80 bits per heavy atom. The van der Waals surface area contributed by atoms with Crippen LogP contribution < -0.4 is 14.8 Å². The number of hydrogen-bond donors (Lipinski definition) is 1. The summed E-state index contributed by atoms with van der Waals surface area (Å²) in [5, 5.41) is 3.45. The zero-order valence-electron chi connectivity index (χ0n) is 12.2.